The van der Waals surface area contributed by atoms with Crippen molar-refractivity contribution in [2.75, 3.05) is 0 Å². The molecule has 15 rings (SSSR count). The van der Waals surface area contributed by atoms with E-state index in [0.717, 1.165) is 117 Å². The first kappa shape index (κ1) is 61.9. The van der Waals surface area contributed by atoms with Crippen molar-refractivity contribution in [3.63, 3.8) is 0 Å². The molecule has 0 unspecified atom stereocenters. The van der Waals surface area contributed by atoms with Crippen LogP contribution in [0.5, 0.6) is 17.2 Å². The number of nitrogens with zero attached hydrogens (tertiary/aromatic N) is 12. The van der Waals surface area contributed by atoms with Gasteiger partial charge in [-0.15, -0.1) is 30.6 Å². The van der Waals surface area contributed by atoms with Gasteiger partial charge < -0.3 is 14.2 Å². The van der Waals surface area contributed by atoms with E-state index in [1.54, 1.807) is 0 Å². The normalized spacial score (nSPS) is 11.2. The highest BCUT2D eigenvalue weighted by Gasteiger charge is 2.08. The lowest BCUT2D eigenvalue weighted by Crippen LogP contribution is -1.98. The number of ether oxygens (including phenoxy) is 3. The summed E-state index contributed by atoms with van der Waals surface area (Å²) in [4.78, 5) is 14.0. The zero-order valence-electron chi connectivity index (χ0n) is 52.0. The van der Waals surface area contributed by atoms with E-state index in [0.29, 0.717) is 56.6 Å². The molecule has 18 heteroatoms. The molecule has 6 heterocycles. The fraction of sp³-hybridized carbons (Fsp3) is 0.0769. The SMILES string of the molecule is C(=Cc1cccc(Cc2nn[nH]n2)c1)c1ccc(OCc2ccc3ccccc3n2)cc1.C(=Cc1cccc(OCc2ccc3ccccc3n2)c1)c1cccc(Cc2nn[nH]n2)c1.C(=Cc1ccccc1Cc1nn[nH]n1)c1ccc(OCc2ccc3ccccc3n2)cc1. The minimum Gasteiger partial charge on any atom is -0.487 e. The smallest absolute Gasteiger partial charge is 0.178 e. The Morgan fingerprint density at radius 3 is 1.14 bits per heavy atom. The fourth-order valence-electron chi connectivity index (χ4n) is 10.4. The second-order valence-electron chi connectivity index (χ2n) is 22.3. The van der Waals surface area contributed by atoms with Crippen LogP contribution in [0.2, 0.25) is 0 Å². The second kappa shape index (κ2) is 31.4. The summed E-state index contributed by atoms with van der Waals surface area (Å²) in [5.74, 6) is 4.48. The number of hydrogen-bond acceptors (Lipinski definition) is 15. The number of aromatic nitrogens is 15. The molecule has 468 valence electrons. The van der Waals surface area contributed by atoms with Crippen molar-refractivity contribution >= 4 is 69.2 Å². The number of aromatic amines is 3. The highest BCUT2D eigenvalue weighted by Crippen LogP contribution is 2.24. The maximum atomic E-state index is 5.99. The van der Waals surface area contributed by atoms with Crippen LogP contribution in [0.3, 0.4) is 0 Å². The van der Waals surface area contributed by atoms with Gasteiger partial charge in [0.25, 0.3) is 0 Å². The maximum absolute atomic E-state index is 5.99. The van der Waals surface area contributed by atoms with Gasteiger partial charge in [-0.05, 0) is 123 Å². The molecule has 0 aliphatic rings. The van der Waals surface area contributed by atoms with E-state index < -0.39 is 0 Å². The lowest BCUT2D eigenvalue weighted by atomic mass is 10.0. The van der Waals surface area contributed by atoms with E-state index in [1.165, 1.54) is 0 Å². The van der Waals surface area contributed by atoms with Gasteiger partial charge in [-0.25, -0.2) is 15.0 Å². The molecular formula is C78H63N15O3. The molecule has 0 bridgehead atoms. The largest absolute Gasteiger partial charge is 0.487 e. The van der Waals surface area contributed by atoms with Crippen molar-refractivity contribution < 1.29 is 14.2 Å². The Labute approximate surface area is 553 Å². The summed E-state index contributed by atoms with van der Waals surface area (Å²) in [7, 11) is 0. The fourth-order valence-corrected chi connectivity index (χ4v) is 10.4. The first-order valence-electron chi connectivity index (χ1n) is 31.2. The molecule has 0 atom stereocenters. The van der Waals surface area contributed by atoms with Crippen molar-refractivity contribution in [2.45, 2.75) is 39.1 Å². The number of para-hydroxylation sites is 3. The zero-order valence-corrected chi connectivity index (χ0v) is 52.0. The monoisotopic (exact) mass is 1260 g/mol. The van der Waals surface area contributed by atoms with Gasteiger partial charge in [-0.2, -0.15) is 15.6 Å². The minimum atomic E-state index is 0.427. The maximum Gasteiger partial charge on any atom is 0.178 e. The summed E-state index contributed by atoms with van der Waals surface area (Å²) in [5.41, 5.74) is 15.7. The van der Waals surface area contributed by atoms with E-state index in [-0.39, 0.29) is 0 Å². The Kier molecular flexibility index (Phi) is 20.2. The third kappa shape index (κ3) is 17.7. The first-order valence-corrected chi connectivity index (χ1v) is 31.2. The van der Waals surface area contributed by atoms with Gasteiger partial charge in [-0.3, -0.25) is 0 Å². The third-order valence-electron chi connectivity index (χ3n) is 15.3. The summed E-state index contributed by atoms with van der Waals surface area (Å²) >= 11 is 0. The number of rotatable bonds is 21. The molecule has 0 aliphatic carbocycles. The number of H-pyrrole nitrogens is 3. The van der Waals surface area contributed by atoms with Gasteiger partial charge in [0, 0.05) is 35.4 Å². The molecule has 0 saturated heterocycles. The second-order valence-corrected chi connectivity index (χ2v) is 22.3. The highest BCUT2D eigenvalue weighted by molar-refractivity contribution is 5.80. The van der Waals surface area contributed by atoms with Crippen molar-refractivity contribution in [3.05, 3.63) is 339 Å². The molecule has 9 aromatic carbocycles. The van der Waals surface area contributed by atoms with E-state index in [4.69, 9.17) is 14.2 Å². The third-order valence-corrected chi connectivity index (χ3v) is 15.3. The van der Waals surface area contributed by atoms with Gasteiger partial charge in [-0.1, -0.05) is 234 Å². The van der Waals surface area contributed by atoms with Crippen LogP contribution in [0.4, 0.5) is 0 Å². The van der Waals surface area contributed by atoms with Gasteiger partial charge in [0.1, 0.15) is 37.1 Å². The summed E-state index contributed by atoms with van der Waals surface area (Å²) in [5, 5.41) is 45.8. The Morgan fingerprint density at radius 1 is 0.292 bits per heavy atom. The number of pyridine rings is 3. The Bertz CT molecular complexity index is 5060. The van der Waals surface area contributed by atoms with Crippen molar-refractivity contribution in [3.8, 4) is 17.2 Å². The van der Waals surface area contributed by atoms with Crippen LogP contribution in [0.1, 0.15) is 84.6 Å². The van der Waals surface area contributed by atoms with Crippen LogP contribution < -0.4 is 14.2 Å². The van der Waals surface area contributed by atoms with Crippen molar-refractivity contribution in [1.82, 2.24) is 76.8 Å². The summed E-state index contributed by atoms with van der Waals surface area (Å²) in [6.45, 7) is 1.30. The van der Waals surface area contributed by atoms with Crippen molar-refractivity contribution in [1.29, 1.82) is 0 Å². The topological polar surface area (TPSA) is 230 Å². The molecule has 15 aromatic rings. The van der Waals surface area contributed by atoms with E-state index >= 15 is 0 Å². The molecule has 0 saturated carbocycles. The number of benzene rings is 9. The Hall–Kier alpha value is -13.0. The molecule has 0 radical (unpaired) electrons. The van der Waals surface area contributed by atoms with Gasteiger partial charge >= 0.3 is 0 Å². The number of hydrogen-bond donors (Lipinski definition) is 3. The molecule has 0 spiro atoms. The predicted octanol–water partition coefficient (Wildman–Crippen LogP) is 15.3. The quantitative estimate of drug-likeness (QED) is 0.0568. The van der Waals surface area contributed by atoms with Gasteiger partial charge in [0.15, 0.2) is 17.5 Å². The number of nitrogens with one attached hydrogen (secondary N) is 3. The molecule has 0 fully saturated rings. The molecule has 18 nitrogen and oxygen atoms in total. The lowest BCUT2D eigenvalue weighted by molar-refractivity contribution is 0.301. The first-order chi connectivity index (χ1) is 47.5. The van der Waals surface area contributed by atoms with Crippen LogP contribution in [0, 0.1) is 0 Å². The van der Waals surface area contributed by atoms with Crippen LogP contribution >= 0.6 is 0 Å². The van der Waals surface area contributed by atoms with Gasteiger partial charge in [0.2, 0.25) is 0 Å². The minimum absolute atomic E-state index is 0.427. The average Bonchev–Trinajstić information content (AvgIpc) is 1.56. The Balaban J connectivity index is 0.000000130. The van der Waals surface area contributed by atoms with Crippen LogP contribution in [-0.4, -0.2) is 76.8 Å². The molecular weight excluding hydrogens is 1190 g/mol. The molecule has 0 aliphatic heterocycles. The van der Waals surface area contributed by atoms with E-state index in [1.807, 2.05) is 164 Å². The molecule has 0 amide bonds. The van der Waals surface area contributed by atoms with E-state index in [2.05, 4.69) is 204 Å². The van der Waals surface area contributed by atoms with Crippen molar-refractivity contribution in [2.24, 2.45) is 0 Å². The Morgan fingerprint density at radius 2 is 0.677 bits per heavy atom. The van der Waals surface area contributed by atoms with Crippen LogP contribution in [-0.2, 0) is 39.1 Å². The van der Waals surface area contributed by atoms with Gasteiger partial charge in [0.05, 0.1) is 33.6 Å². The predicted molar refractivity (Wildman–Crippen MR) is 375 cm³/mol. The molecule has 6 aromatic heterocycles. The summed E-state index contributed by atoms with van der Waals surface area (Å²) in [6.07, 6.45) is 14.5. The van der Waals surface area contributed by atoms with Crippen LogP contribution in [0.25, 0.3) is 69.2 Å². The lowest BCUT2D eigenvalue weighted by Gasteiger charge is -2.07. The van der Waals surface area contributed by atoms with Crippen LogP contribution in [0.15, 0.2) is 255 Å². The number of tetrazole rings is 3. The number of fused-ring (bicyclic) bond motifs is 3. The average molecular weight is 1260 g/mol. The standard InChI is InChI=1S/3C26H21N5O/c1-2-10-25-22(8-1)13-14-23(27-25)18-32-24-9-4-6-20(16-24)12-11-19-5-3-7-21(15-19)17-26-28-30-31-29-26;1-2-7-25-22(6-1)12-13-23(27-25)18-32-24-14-10-19(11-15-24)8-9-20-4-3-5-21(16-20)17-26-28-30-31-29-26;1-2-7-22(17-26-28-30-31-29-26)20(5-1)12-9-19-10-15-24(16-11-19)32-18-23-14-13-21-6-3-4-8-25(21)27-23/h3*1-16H,17-18H2,(H,28,29,30,31). The summed E-state index contributed by atoms with van der Waals surface area (Å²) in [6, 6.07) is 85.4. The zero-order chi connectivity index (χ0) is 64.8. The molecule has 96 heavy (non-hydrogen) atoms. The summed E-state index contributed by atoms with van der Waals surface area (Å²) < 4.78 is 17.8. The van der Waals surface area contributed by atoms with E-state index in [9.17, 15) is 0 Å². The highest BCUT2D eigenvalue weighted by atomic mass is 16.5. The molecule has 3 N–H and O–H groups in total.